The molecule has 1 heterocycles. The molecule has 4 aromatic rings. The Balaban J connectivity index is 1.80. The van der Waals surface area contributed by atoms with Gasteiger partial charge in [0.15, 0.2) is 5.82 Å². The molecular formula is C26H24BrN3O2. The summed E-state index contributed by atoms with van der Waals surface area (Å²) < 4.78 is 0.939. The topological polar surface area (TPSA) is 69.5 Å². The van der Waals surface area contributed by atoms with Crippen molar-refractivity contribution in [1.82, 2.24) is 9.97 Å². The first kappa shape index (κ1) is 21.8. The van der Waals surface area contributed by atoms with E-state index in [0.29, 0.717) is 30.9 Å². The van der Waals surface area contributed by atoms with Crippen molar-refractivity contribution in [3.05, 3.63) is 95.2 Å². The first-order chi connectivity index (χ1) is 15.5. The number of nitrogens with zero attached hydrogens (tertiary/aromatic N) is 3. The van der Waals surface area contributed by atoms with Crippen LogP contribution in [0.15, 0.2) is 89.6 Å². The van der Waals surface area contributed by atoms with Crippen molar-refractivity contribution in [3.8, 4) is 17.1 Å². The van der Waals surface area contributed by atoms with Crippen LogP contribution in [-0.2, 0) is 6.42 Å². The maximum absolute atomic E-state index is 10.1. The zero-order valence-corrected chi connectivity index (χ0v) is 19.2. The number of hydrogen-bond donors (Lipinski definition) is 2. The minimum absolute atomic E-state index is 0.137. The molecule has 0 saturated heterocycles. The average Bonchev–Trinajstić information content (AvgIpc) is 2.79. The number of aliphatic hydroxyl groups is 1. The highest BCUT2D eigenvalue weighted by Crippen LogP contribution is 2.31. The molecule has 0 fully saturated rings. The third-order valence-corrected chi connectivity index (χ3v) is 5.72. The molecule has 0 radical (unpaired) electrons. The Kier molecular flexibility index (Phi) is 6.71. The van der Waals surface area contributed by atoms with E-state index in [4.69, 9.17) is 9.97 Å². The molecule has 0 aliphatic carbocycles. The number of fused-ring (bicyclic) bond motifs is 1. The first-order valence-corrected chi connectivity index (χ1v) is 11.2. The minimum Gasteiger partial charge on any atom is -0.513 e. The maximum atomic E-state index is 10.1. The fraction of sp³-hybridized carbons (Fsp3) is 0.154. The molecule has 0 bridgehead atoms. The molecule has 0 amide bonds. The van der Waals surface area contributed by atoms with Gasteiger partial charge in [-0.2, -0.15) is 0 Å². The summed E-state index contributed by atoms with van der Waals surface area (Å²) in [6.07, 6.45) is 1.26. The quantitative estimate of drug-likeness (QED) is 0.285. The van der Waals surface area contributed by atoms with E-state index in [1.807, 2.05) is 48.5 Å². The average molecular weight is 490 g/mol. The summed E-state index contributed by atoms with van der Waals surface area (Å²) >= 11 is 3.52. The number of aromatic hydroxyl groups is 1. The summed E-state index contributed by atoms with van der Waals surface area (Å²) in [5.41, 5.74) is 2.77. The molecule has 0 unspecified atom stereocenters. The molecule has 0 atom stereocenters. The lowest BCUT2D eigenvalue weighted by molar-refractivity contribution is 0.391. The lowest BCUT2D eigenvalue weighted by Gasteiger charge is -2.25. The van der Waals surface area contributed by atoms with Crippen LogP contribution in [0.5, 0.6) is 5.75 Å². The van der Waals surface area contributed by atoms with Gasteiger partial charge in [-0.3, -0.25) is 0 Å². The van der Waals surface area contributed by atoms with Crippen LogP contribution < -0.4 is 4.90 Å². The molecule has 0 saturated carbocycles. The van der Waals surface area contributed by atoms with Gasteiger partial charge in [-0.25, -0.2) is 9.97 Å². The fourth-order valence-electron chi connectivity index (χ4n) is 3.60. The molecule has 2 N–H and O–H groups in total. The normalized spacial score (nSPS) is 10.9. The summed E-state index contributed by atoms with van der Waals surface area (Å²) in [5.74, 6) is 1.63. The van der Waals surface area contributed by atoms with E-state index >= 15 is 0 Å². The number of anilines is 1. The van der Waals surface area contributed by atoms with E-state index in [1.54, 1.807) is 12.1 Å². The second kappa shape index (κ2) is 9.83. The van der Waals surface area contributed by atoms with E-state index in [1.165, 1.54) is 5.56 Å². The number of phenols is 1. The number of rotatable bonds is 8. The smallest absolute Gasteiger partial charge is 0.162 e. The number of halogens is 1. The van der Waals surface area contributed by atoms with Crippen molar-refractivity contribution in [2.24, 2.45) is 0 Å². The van der Waals surface area contributed by atoms with Crippen molar-refractivity contribution in [3.63, 3.8) is 0 Å². The van der Waals surface area contributed by atoms with Gasteiger partial charge in [-0.15, -0.1) is 0 Å². The summed E-state index contributed by atoms with van der Waals surface area (Å²) in [6, 6.07) is 23.2. The molecular weight excluding hydrogens is 466 g/mol. The molecule has 0 aliphatic heterocycles. The second-order valence-electron chi connectivity index (χ2n) is 7.62. The fourth-order valence-corrected chi connectivity index (χ4v) is 3.99. The Labute approximate surface area is 195 Å². The lowest BCUT2D eigenvalue weighted by atomic mass is 10.1. The molecule has 5 nitrogen and oxygen atoms in total. The predicted molar refractivity (Wildman–Crippen MR) is 133 cm³/mol. The van der Waals surface area contributed by atoms with Crippen LogP contribution in [0.25, 0.3) is 22.3 Å². The Morgan fingerprint density at radius 2 is 1.75 bits per heavy atom. The Bertz CT molecular complexity index is 1240. The van der Waals surface area contributed by atoms with E-state index < -0.39 is 0 Å². The highest BCUT2D eigenvalue weighted by atomic mass is 79.9. The monoisotopic (exact) mass is 489 g/mol. The van der Waals surface area contributed by atoms with Crippen molar-refractivity contribution in [2.75, 3.05) is 18.0 Å². The van der Waals surface area contributed by atoms with Gasteiger partial charge in [0, 0.05) is 41.0 Å². The zero-order chi connectivity index (χ0) is 22.5. The Morgan fingerprint density at radius 3 is 2.50 bits per heavy atom. The standard InChI is InChI=1S/C26H24BrN3O2/c1-18(31)12-14-30(15-13-19-6-3-2-4-7-19)26-23-11-10-22(32)17-24(23)28-25(29-26)20-8-5-9-21(27)16-20/h2-11,16-17,31-32H,1,12-15H2. The molecule has 0 aliphatic rings. The highest BCUT2D eigenvalue weighted by Gasteiger charge is 2.17. The third-order valence-electron chi connectivity index (χ3n) is 5.23. The molecule has 0 spiro atoms. The van der Waals surface area contributed by atoms with Crippen LogP contribution in [-0.4, -0.2) is 33.3 Å². The number of hydrogen-bond acceptors (Lipinski definition) is 5. The van der Waals surface area contributed by atoms with Crippen molar-refractivity contribution in [1.29, 1.82) is 0 Å². The van der Waals surface area contributed by atoms with Gasteiger partial charge in [0.2, 0.25) is 0 Å². The largest absolute Gasteiger partial charge is 0.513 e. The van der Waals surface area contributed by atoms with Gasteiger partial charge in [0.05, 0.1) is 11.3 Å². The highest BCUT2D eigenvalue weighted by molar-refractivity contribution is 9.10. The van der Waals surface area contributed by atoms with Crippen molar-refractivity contribution >= 4 is 32.7 Å². The predicted octanol–water partition coefficient (Wildman–Crippen LogP) is 6.28. The maximum Gasteiger partial charge on any atom is 0.162 e. The van der Waals surface area contributed by atoms with Gasteiger partial charge >= 0.3 is 0 Å². The van der Waals surface area contributed by atoms with Crippen LogP contribution >= 0.6 is 15.9 Å². The van der Waals surface area contributed by atoms with Gasteiger partial charge in [-0.05, 0) is 36.2 Å². The van der Waals surface area contributed by atoms with Gasteiger partial charge < -0.3 is 15.1 Å². The van der Waals surface area contributed by atoms with Gasteiger partial charge in [0.1, 0.15) is 11.6 Å². The van der Waals surface area contributed by atoms with E-state index in [9.17, 15) is 10.2 Å². The van der Waals surface area contributed by atoms with Gasteiger partial charge in [0.25, 0.3) is 0 Å². The third kappa shape index (κ3) is 5.26. The number of aromatic nitrogens is 2. The number of phenolic OH excluding ortho intramolecular Hbond substituents is 1. The number of aliphatic hydroxyl groups excluding tert-OH is 1. The van der Waals surface area contributed by atoms with Crippen LogP contribution in [0.3, 0.4) is 0 Å². The summed E-state index contributed by atoms with van der Waals surface area (Å²) in [4.78, 5) is 11.8. The summed E-state index contributed by atoms with van der Waals surface area (Å²) in [5, 5.41) is 20.7. The van der Waals surface area contributed by atoms with Crippen LogP contribution in [0.4, 0.5) is 5.82 Å². The Morgan fingerprint density at radius 1 is 0.938 bits per heavy atom. The summed E-state index contributed by atoms with van der Waals surface area (Å²) in [6.45, 7) is 4.92. The van der Waals surface area contributed by atoms with Crippen LogP contribution in [0, 0.1) is 0 Å². The molecule has 3 aromatic carbocycles. The lowest BCUT2D eigenvalue weighted by Crippen LogP contribution is -2.28. The van der Waals surface area contributed by atoms with E-state index in [2.05, 4.69) is 39.5 Å². The van der Waals surface area contributed by atoms with Crippen molar-refractivity contribution in [2.45, 2.75) is 12.8 Å². The van der Waals surface area contributed by atoms with E-state index in [0.717, 1.165) is 27.7 Å². The van der Waals surface area contributed by atoms with E-state index in [-0.39, 0.29) is 11.5 Å². The second-order valence-corrected chi connectivity index (χ2v) is 8.54. The van der Waals surface area contributed by atoms with Crippen LogP contribution in [0.2, 0.25) is 0 Å². The molecule has 4 rings (SSSR count). The minimum atomic E-state index is 0.137. The summed E-state index contributed by atoms with van der Waals surface area (Å²) in [7, 11) is 0. The molecule has 6 heteroatoms. The molecule has 1 aromatic heterocycles. The zero-order valence-electron chi connectivity index (χ0n) is 17.6. The Hall–Kier alpha value is -3.38. The number of benzene rings is 3. The SMILES string of the molecule is C=C(O)CCN(CCc1ccccc1)c1nc(-c2cccc(Br)c2)nc2cc(O)ccc12. The van der Waals surface area contributed by atoms with Crippen molar-refractivity contribution < 1.29 is 10.2 Å². The first-order valence-electron chi connectivity index (χ1n) is 10.4. The molecule has 32 heavy (non-hydrogen) atoms. The molecule has 162 valence electrons. The van der Waals surface area contributed by atoms with Crippen LogP contribution in [0.1, 0.15) is 12.0 Å². The van der Waals surface area contributed by atoms with Gasteiger partial charge in [-0.1, -0.05) is 65.0 Å².